The highest BCUT2D eigenvalue weighted by atomic mass is 16.6. The van der Waals surface area contributed by atoms with E-state index in [1.165, 1.54) is 116 Å². The highest BCUT2D eigenvalue weighted by Crippen LogP contribution is 2.15. The first-order valence-electron chi connectivity index (χ1n) is 27.6. The molecule has 0 heterocycles. The van der Waals surface area contributed by atoms with E-state index in [0.717, 1.165) is 103 Å². The molecule has 0 aliphatic rings. The zero-order valence-electron chi connectivity index (χ0n) is 43.2. The Morgan fingerprint density at radius 1 is 0.333 bits per heavy atom. The van der Waals surface area contributed by atoms with Crippen molar-refractivity contribution in [2.45, 2.75) is 264 Å². The van der Waals surface area contributed by atoms with E-state index in [1.54, 1.807) is 0 Å². The van der Waals surface area contributed by atoms with E-state index in [9.17, 15) is 14.4 Å². The lowest BCUT2D eigenvalue weighted by Crippen LogP contribution is -2.30. The molecule has 0 aromatic heterocycles. The summed E-state index contributed by atoms with van der Waals surface area (Å²) < 4.78 is 16.8. The van der Waals surface area contributed by atoms with Crippen LogP contribution in [0.15, 0.2) is 85.1 Å². The van der Waals surface area contributed by atoms with Gasteiger partial charge in [0.2, 0.25) is 0 Å². The van der Waals surface area contributed by atoms with E-state index in [-0.39, 0.29) is 31.1 Å². The molecule has 0 aliphatic heterocycles. The summed E-state index contributed by atoms with van der Waals surface area (Å²) in [6.07, 6.45) is 69.9. The van der Waals surface area contributed by atoms with Crippen LogP contribution in [0, 0.1) is 0 Å². The molecule has 1 atom stereocenters. The van der Waals surface area contributed by atoms with Crippen LogP contribution in [0.5, 0.6) is 0 Å². The summed E-state index contributed by atoms with van der Waals surface area (Å²) in [4.78, 5) is 38.1. The van der Waals surface area contributed by atoms with Crippen LogP contribution in [0.2, 0.25) is 0 Å². The summed E-state index contributed by atoms with van der Waals surface area (Å²) in [6, 6.07) is 0. The molecule has 0 rings (SSSR count). The number of hydrogen-bond acceptors (Lipinski definition) is 6. The Morgan fingerprint density at radius 3 is 1.02 bits per heavy atom. The number of carbonyl (C=O) groups excluding carboxylic acids is 3. The van der Waals surface area contributed by atoms with Crippen molar-refractivity contribution in [1.29, 1.82) is 0 Å². The van der Waals surface area contributed by atoms with Gasteiger partial charge >= 0.3 is 17.9 Å². The van der Waals surface area contributed by atoms with Crippen molar-refractivity contribution in [2.24, 2.45) is 0 Å². The number of ether oxygens (including phenoxy) is 3. The highest BCUT2D eigenvalue weighted by molar-refractivity contribution is 5.71. The van der Waals surface area contributed by atoms with Gasteiger partial charge in [-0.3, -0.25) is 14.4 Å². The van der Waals surface area contributed by atoms with Crippen molar-refractivity contribution in [2.75, 3.05) is 13.2 Å². The summed E-state index contributed by atoms with van der Waals surface area (Å²) >= 11 is 0. The normalized spacial score (nSPS) is 12.7. The molecule has 0 aromatic carbocycles. The number of carbonyl (C=O) groups is 3. The highest BCUT2D eigenvalue weighted by Gasteiger charge is 2.19. The monoisotopic (exact) mass is 919 g/mol. The minimum absolute atomic E-state index is 0.0907. The Hall–Kier alpha value is -3.41. The zero-order chi connectivity index (χ0) is 47.9. The van der Waals surface area contributed by atoms with E-state index in [4.69, 9.17) is 14.2 Å². The summed E-state index contributed by atoms with van der Waals surface area (Å²) in [5.74, 6) is -0.926. The van der Waals surface area contributed by atoms with E-state index >= 15 is 0 Å². The summed E-state index contributed by atoms with van der Waals surface area (Å²) in [5, 5.41) is 0. The van der Waals surface area contributed by atoms with Gasteiger partial charge in [0, 0.05) is 19.3 Å². The molecule has 0 N–H and O–H groups in total. The van der Waals surface area contributed by atoms with Crippen LogP contribution in [-0.4, -0.2) is 37.2 Å². The first kappa shape index (κ1) is 62.6. The maximum absolute atomic E-state index is 12.8. The maximum Gasteiger partial charge on any atom is 0.306 e. The topological polar surface area (TPSA) is 78.9 Å². The fourth-order valence-electron chi connectivity index (χ4n) is 7.50. The number of hydrogen-bond donors (Lipinski definition) is 0. The molecule has 0 spiro atoms. The van der Waals surface area contributed by atoms with Crippen molar-refractivity contribution in [3.05, 3.63) is 85.1 Å². The number of rotatable bonds is 49. The molecule has 0 aliphatic carbocycles. The SMILES string of the molecule is CC/C=C\C/C=C\C/C=C\CCCCCCC(=O)OCC(COC(=O)CCCCCCCCCCCC/C=C\C=C/CCCCC)OC(=O)CCCCCCCC/C=C\C=C/CCCCC. The Labute approximate surface area is 407 Å². The minimum Gasteiger partial charge on any atom is -0.462 e. The number of allylic oxidation sites excluding steroid dienone is 14. The molecule has 378 valence electrons. The fourth-order valence-corrected chi connectivity index (χ4v) is 7.50. The van der Waals surface area contributed by atoms with Crippen LogP contribution < -0.4 is 0 Å². The average molecular weight is 919 g/mol. The van der Waals surface area contributed by atoms with Gasteiger partial charge in [0.1, 0.15) is 13.2 Å². The Kier molecular flexibility index (Phi) is 51.4. The molecule has 0 saturated heterocycles. The molecule has 6 heteroatoms. The van der Waals surface area contributed by atoms with Gasteiger partial charge in [-0.05, 0) is 103 Å². The second kappa shape index (κ2) is 54.2. The smallest absolute Gasteiger partial charge is 0.306 e. The molecule has 0 saturated carbocycles. The van der Waals surface area contributed by atoms with Crippen molar-refractivity contribution >= 4 is 17.9 Å². The van der Waals surface area contributed by atoms with Crippen LogP contribution in [0.4, 0.5) is 0 Å². The van der Waals surface area contributed by atoms with Crippen LogP contribution in [-0.2, 0) is 28.6 Å². The average Bonchev–Trinajstić information content (AvgIpc) is 3.31. The molecule has 0 bridgehead atoms. The Bertz CT molecular complexity index is 1290. The van der Waals surface area contributed by atoms with Gasteiger partial charge in [0.25, 0.3) is 0 Å². The summed E-state index contributed by atoms with van der Waals surface area (Å²) in [6.45, 7) is 6.44. The van der Waals surface area contributed by atoms with E-state index < -0.39 is 6.10 Å². The van der Waals surface area contributed by atoms with Crippen LogP contribution >= 0.6 is 0 Å². The van der Waals surface area contributed by atoms with Gasteiger partial charge in [-0.2, -0.15) is 0 Å². The van der Waals surface area contributed by atoms with Crippen molar-refractivity contribution in [3.8, 4) is 0 Å². The van der Waals surface area contributed by atoms with Crippen molar-refractivity contribution in [3.63, 3.8) is 0 Å². The standard InChI is InChI=1S/C60H102O6/c1-4-7-10-13-16-19-22-25-28-29-30-31-33-35-38-41-44-47-50-53-59(62)65-56-57(55-64-58(61)52-49-46-43-40-37-34-27-24-21-18-15-12-9-6-3)66-60(63)54-51-48-45-42-39-36-32-26-23-20-17-14-11-8-5-2/h9,12,16-23,25-27,34,57H,4-8,10-11,13-15,24,28-33,35-56H2,1-3H3/b12-9-,19-16-,20-17-,21-18-,25-22-,26-23-,34-27-. The second-order valence-electron chi connectivity index (χ2n) is 18.2. The lowest BCUT2D eigenvalue weighted by atomic mass is 10.1. The molecule has 66 heavy (non-hydrogen) atoms. The van der Waals surface area contributed by atoms with Crippen LogP contribution in [0.25, 0.3) is 0 Å². The lowest BCUT2D eigenvalue weighted by Gasteiger charge is -2.18. The summed E-state index contributed by atoms with van der Waals surface area (Å²) in [5.41, 5.74) is 0. The largest absolute Gasteiger partial charge is 0.462 e. The van der Waals surface area contributed by atoms with Gasteiger partial charge < -0.3 is 14.2 Å². The van der Waals surface area contributed by atoms with Crippen molar-refractivity contribution in [1.82, 2.24) is 0 Å². The third kappa shape index (κ3) is 51.6. The third-order valence-electron chi connectivity index (χ3n) is 11.7. The van der Waals surface area contributed by atoms with Gasteiger partial charge in [-0.25, -0.2) is 0 Å². The molecule has 1 unspecified atom stereocenters. The third-order valence-corrected chi connectivity index (χ3v) is 11.7. The van der Waals surface area contributed by atoms with Gasteiger partial charge in [0.05, 0.1) is 0 Å². The molecule has 0 radical (unpaired) electrons. The molecule has 0 aromatic rings. The first-order valence-corrected chi connectivity index (χ1v) is 27.6. The number of unbranched alkanes of at least 4 members (excludes halogenated alkanes) is 26. The summed E-state index contributed by atoms with van der Waals surface area (Å²) in [7, 11) is 0. The van der Waals surface area contributed by atoms with Crippen molar-refractivity contribution < 1.29 is 28.6 Å². The van der Waals surface area contributed by atoms with Gasteiger partial charge in [-0.1, -0.05) is 221 Å². The minimum atomic E-state index is -0.794. The lowest BCUT2D eigenvalue weighted by molar-refractivity contribution is -0.167. The van der Waals surface area contributed by atoms with Gasteiger partial charge in [0.15, 0.2) is 6.10 Å². The Morgan fingerprint density at radius 2 is 0.636 bits per heavy atom. The second-order valence-corrected chi connectivity index (χ2v) is 18.2. The molecule has 0 amide bonds. The predicted molar refractivity (Wildman–Crippen MR) is 284 cm³/mol. The van der Waals surface area contributed by atoms with E-state index in [1.807, 2.05) is 0 Å². The maximum atomic E-state index is 12.8. The molecule has 6 nitrogen and oxygen atoms in total. The Balaban J connectivity index is 4.41. The van der Waals surface area contributed by atoms with Crippen LogP contribution in [0.3, 0.4) is 0 Å². The van der Waals surface area contributed by atoms with E-state index in [0.29, 0.717) is 19.3 Å². The van der Waals surface area contributed by atoms with Crippen LogP contribution in [0.1, 0.15) is 258 Å². The molecular formula is C60H102O6. The van der Waals surface area contributed by atoms with E-state index in [2.05, 4.69) is 106 Å². The first-order chi connectivity index (χ1) is 32.5. The molecule has 0 fully saturated rings. The number of esters is 3. The fraction of sp³-hybridized carbons (Fsp3) is 0.717. The quantitative estimate of drug-likeness (QED) is 0.0199. The zero-order valence-corrected chi connectivity index (χ0v) is 43.2. The van der Waals surface area contributed by atoms with Gasteiger partial charge in [-0.15, -0.1) is 0 Å². The predicted octanol–water partition coefficient (Wildman–Crippen LogP) is 18.4. The molecular weight excluding hydrogens is 817 g/mol.